The third-order valence-corrected chi connectivity index (χ3v) is 5.17. The first kappa shape index (κ1) is 17.5. The number of amides is 1. The Hall–Kier alpha value is -2.27. The molecule has 0 aliphatic carbocycles. The third kappa shape index (κ3) is 4.04. The van der Waals surface area contributed by atoms with Gasteiger partial charge in [0.25, 0.3) is 0 Å². The summed E-state index contributed by atoms with van der Waals surface area (Å²) in [7, 11) is 0. The molecule has 0 aliphatic heterocycles. The van der Waals surface area contributed by atoms with Crippen molar-refractivity contribution in [3.05, 3.63) is 54.6 Å². The topological polar surface area (TPSA) is 46.9 Å². The highest BCUT2D eigenvalue weighted by Crippen LogP contribution is 2.27. The Balaban J connectivity index is 1.85. The minimum atomic E-state index is 0.0605. The van der Waals surface area contributed by atoms with Gasteiger partial charge in [-0.2, -0.15) is 0 Å². The summed E-state index contributed by atoms with van der Waals surface area (Å²) in [5, 5.41) is 3.92. The number of nitrogens with zero attached hydrogens (tertiary/aromatic N) is 2. The van der Waals surface area contributed by atoms with Crippen molar-refractivity contribution in [3.63, 3.8) is 0 Å². The van der Waals surface area contributed by atoms with E-state index in [1.807, 2.05) is 36.4 Å². The Morgan fingerprint density at radius 2 is 1.76 bits per heavy atom. The monoisotopic (exact) mass is 353 g/mol. The van der Waals surface area contributed by atoms with Crippen LogP contribution in [0, 0.1) is 0 Å². The zero-order chi connectivity index (χ0) is 17.6. The predicted octanol–water partition coefficient (Wildman–Crippen LogP) is 4.42. The van der Waals surface area contributed by atoms with Gasteiger partial charge in [-0.3, -0.25) is 9.36 Å². The molecule has 0 saturated carbocycles. The summed E-state index contributed by atoms with van der Waals surface area (Å²) in [5.41, 5.74) is 3.05. The number of benzene rings is 2. The lowest BCUT2D eigenvalue weighted by atomic mass is 10.2. The van der Waals surface area contributed by atoms with E-state index >= 15 is 0 Å². The SMILES string of the molecule is CCC(CC)NC(=O)CSc1nc2ccccc2n1-c1ccccc1. The van der Waals surface area contributed by atoms with Gasteiger partial charge in [-0.05, 0) is 37.1 Å². The van der Waals surface area contributed by atoms with E-state index in [1.165, 1.54) is 11.8 Å². The minimum absolute atomic E-state index is 0.0605. The molecule has 0 unspecified atom stereocenters. The summed E-state index contributed by atoms with van der Waals surface area (Å²) in [6, 6.07) is 18.4. The second-order valence-corrected chi connectivity index (χ2v) is 6.87. The van der Waals surface area contributed by atoms with E-state index in [9.17, 15) is 4.79 Å². The van der Waals surface area contributed by atoms with Crippen molar-refractivity contribution in [2.75, 3.05) is 5.75 Å². The van der Waals surface area contributed by atoms with Gasteiger partial charge in [0.15, 0.2) is 5.16 Å². The van der Waals surface area contributed by atoms with Crippen LogP contribution in [-0.4, -0.2) is 27.3 Å². The highest BCUT2D eigenvalue weighted by Gasteiger charge is 2.15. The molecule has 2 aromatic carbocycles. The van der Waals surface area contributed by atoms with Crippen LogP contribution in [0.5, 0.6) is 0 Å². The van der Waals surface area contributed by atoms with Crippen molar-refractivity contribution >= 4 is 28.7 Å². The van der Waals surface area contributed by atoms with Crippen LogP contribution in [0.15, 0.2) is 59.8 Å². The van der Waals surface area contributed by atoms with Crippen LogP contribution in [0.1, 0.15) is 26.7 Å². The summed E-state index contributed by atoms with van der Waals surface area (Å²) in [6.45, 7) is 4.19. The normalized spacial score (nSPS) is 11.2. The molecule has 5 heteroatoms. The number of hydrogen-bond donors (Lipinski definition) is 1. The number of carbonyl (C=O) groups is 1. The number of para-hydroxylation sites is 3. The molecule has 1 aromatic heterocycles. The summed E-state index contributed by atoms with van der Waals surface area (Å²) >= 11 is 1.48. The van der Waals surface area contributed by atoms with Crippen LogP contribution < -0.4 is 5.32 Å². The molecule has 0 atom stereocenters. The van der Waals surface area contributed by atoms with Gasteiger partial charge in [-0.25, -0.2) is 4.98 Å². The number of thioether (sulfide) groups is 1. The van der Waals surface area contributed by atoms with Crippen molar-refractivity contribution in [2.45, 2.75) is 37.9 Å². The molecule has 0 saturated heterocycles. The number of nitrogens with one attached hydrogen (secondary N) is 1. The first-order valence-electron chi connectivity index (χ1n) is 8.68. The van der Waals surface area contributed by atoms with E-state index in [4.69, 9.17) is 4.98 Å². The summed E-state index contributed by atoms with van der Waals surface area (Å²) in [6.07, 6.45) is 1.91. The maximum absolute atomic E-state index is 12.2. The zero-order valence-electron chi connectivity index (χ0n) is 14.6. The molecule has 3 rings (SSSR count). The number of aromatic nitrogens is 2. The fourth-order valence-electron chi connectivity index (χ4n) is 2.82. The van der Waals surface area contributed by atoms with Gasteiger partial charge in [0.05, 0.1) is 16.8 Å². The Morgan fingerprint density at radius 1 is 1.08 bits per heavy atom. The molecule has 4 nitrogen and oxygen atoms in total. The molecule has 1 amide bonds. The molecule has 0 fully saturated rings. The molecule has 25 heavy (non-hydrogen) atoms. The van der Waals surface area contributed by atoms with Gasteiger partial charge in [-0.15, -0.1) is 0 Å². The van der Waals surface area contributed by atoms with E-state index in [0.29, 0.717) is 5.75 Å². The zero-order valence-corrected chi connectivity index (χ0v) is 15.4. The minimum Gasteiger partial charge on any atom is -0.353 e. The molecular weight excluding hydrogens is 330 g/mol. The highest BCUT2D eigenvalue weighted by molar-refractivity contribution is 7.99. The van der Waals surface area contributed by atoms with Crippen LogP contribution in [0.2, 0.25) is 0 Å². The maximum atomic E-state index is 12.2. The first-order valence-corrected chi connectivity index (χ1v) is 9.66. The summed E-state index contributed by atoms with van der Waals surface area (Å²) in [5.74, 6) is 0.428. The van der Waals surface area contributed by atoms with Gasteiger partial charge >= 0.3 is 0 Å². The van der Waals surface area contributed by atoms with Crippen LogP contribution in [0.4, 0.5) is 0 Å². The molecule has 0 radical (unpaired) electrons. The van der Waals surface area contributed by atoms with Crippen LogP contribution in [0.25, 0.3) is 16.7 Å². The van der Waals surface area contributed by atoms with Crippen molar-refractivity contribution in [1.29, 1.82) is 0 Å². The van der Waals surface area contributed by atoms with E-state index in [0.717, 1.165) is 34.7 Å². The first-order chi connectivity index (χ1) is 12.2. The van der Waals surface area contributed by atoms with Gasteiger partial charge in [0, 0.05) is 11.7 Å². The molecule has 3 aromatic rings. The van der Waals surface area contributed by atoms with Crippen molar-refractivity contribution in [3.8, 4) is 5.69 Å². The maximum Gasteiger partial charge on any atom is 0.230 e. The van der Waals surface area contributed by atoms with E-state index < -0.39 is 0 Å². The van der Waals surface area contributed by atoms with Gasteiger partial charge in [0.1, 0.15) is 0 Å². The Kier molecular flexibility index (Phi) is 5.76. The number of fused-ring (bicyclic) bond motifs is 1. The smallest absolute Gasteiger partial charge is 0.230 e. The average molecular weight is 353 g/mol. The highest BCUT2D eigenvalue weighted by atomic mass is 32.2. The lowest BCUT2D eigenvalue weighted by Gasteiger charge is -2.14. The van der Waals surface area contributed by atoms with Crippen LogP contribution >= 0.6 is 11.8 Å². The Bertz CT molecular complexity index is 841. The van der Waals surface area contributed by atoms with Gasteiger partial charge in [0.2, 0.25) is 5.91 Å². The molecule has 1 N–H and O–H groups in total. The van der Waals surface area contributed by atoms with Gasteiger partial charge in [-0.1, -0.05) is 55.9 Å². The largest absolute Gasteiger partial charge is 0.353 e. The molecular formula is C20H23N3OS. The Morgan fingerprint density at radius 3 is 2.48 bits per heavy atom. The summed E-state index contributed by atoms with van der Waals surface area (Å²) in [4.78, 5) is 17.0. The van der Waals surface area contributed by atoms with E-state index in [-0.39, 0.29) is 11.9 Å². The molecule has 1 heterocycles. The molecule has 130 valence electrons. The quantitative estimate of drug-likeness (QED) is 0.640. The van der Waals surface area contributed by atoms with Crippen LogP contribution in [-0.2, 0) is 4.79 Å². The summed E-state index contributed by atoms with van der Waals surface area (Å²) < 4.78 is 2.12. The lowest BCUT2D eigenvalue weighted by molar-refractivity contribution is -0.119. The average Bonchev–Trinajstić information content (AvgIpc) is 3.03. The molecule has 0 spiro atoms. The standard InChI is InChI=1S/C20H23N3OS/c1-3-15(4-2)21-19(24)14-25-20-22-17-12-8-9-13-18(17)23(20)16-10-6-5-7-11-16/h5-13,15H,3-4,14H2,1-2H3,(H,21,24). The van der Waals surface area contributed by atoms with E-state index in [1.54, 1.807) is 0 Å². The number of imidazole rings is 1. The van der Waals surface area contributed by atoms with Crippen LogP contribution in [0.3, 0.4) is 0 Å². The van der Waals surface area contributed by atoms with Crippen molar-refractivity contribution in [2.24, 2.45) is 0 Å². The third-order valence-electron chi connectivity index (χ3n) is 4.23. The fourth-order valence-corrected chi connectivity index (χ4v) is 3.66. The van der Waals surface area contributed by atoms with Crippen molar-refractivity contribution in [1.82, 2.24) is 14.9 Å². The van der Waals surface area contributed by atoms with E-state index in [2.05, 4.69) is 41.9 Å². The Labute approximate surface area is 152 Å². The van der Waals surface area contributed by atoms with Crippen molar-refractivity contribution < 1.29 is 4.79 Å². The number of rotatable bonds is 7. The molecule has 0 aliphatic rings. The second-order valence-electron chi connectivity index (χ2n) is 5.92. The lowest BCUT2D eigenvalue weighted by Crippen LogP contribution is -2.35. The predicted molar refractivity (Wildman–Crippen MR) is 104 cm³/mol. The van der Waals surface area contributed by atoms with Gasteiger partial charge < -0.3 is 5.32 Å². The fraction of sp³-hybridized carbons (Fsp3) is 0.300. The molecule has 0 bridgehead atoms. The number of hydrogen-bond acceptors (Lipinski definition) is 3. The second kappa shape index (κ2) is 8.21. The number of carbonyl (C=O) groups excluding carboxylic acids is 1.